The molecule has 38 heavy (non-hydrogen) atoms. The number of hydrogen-bond donors (Lipinski definition) is 4. The predicted molar refractivity (Wildman–Crippen MR) is 150 cm³/mol. The summed E-state index contributed by atoms with van der Waals surface area (Å²) < 4.78 is 11.8. The van der Waals surface area contributed by atoms with Gasteiger partial charge in [-0.05, 0) is 72.1 Å². The van der Waals surface area contributed by atoms with Gasteiger partial charge in [-0.2, -0.15) is 0 Å². The van der Waals surface area contributed by atoms with E-state index in [4.69, 9.17) is 20.9 Å². The fourth-order valence-corrected chi connectivity index (χ4v) is 4.43. The van der Waals surface area contributed by atoms with Crippen molar-refractivity contribution in [2.45, 2.75) is 12.3 Å². The second-order valence-corrected chi connectivity index (χ2v) is 9.19. The molecule has 0 aromatic heterocycles. The Bertz CT molecular complexity index is 1450. The van der Waals surface area contributed by atoms with Gasteiger partial charge in [0.1, 0.15) is 34.5 Å². The third-order valence-corrected chi connectivity index (χ3v) is 6.69. The lowest BCUT2D eigenvalue weighted by Crippen LogP contribution is -2.25. The smallest absolute Gasteiger partial charge is 0.142 e. The van der Waals surface area contributed by atoms with Crippen LogP contribution in [-0.2, 0) is 5.41 Å². The molecule has 0 amide bonds. The lowest BCUT2D eigenvalue weighted by molar-refractivity contribution is 0.456. The number of aromatic hydroxyl groups is 2. The minimum atomic E-state index is -0.461. The molecule has 0 aliphatic rings. The van der Waals surface area contributed by atoms with Crippen LogP contribution in [0.4, 0.5) is 11.4 Å². The molecule has 0 bridgehead atoms. The Morgan fingerprint density at radius 2 is 0.868 bits per heavy atom. The van der Waals surface area contributed by atoms with Gasteiger partial charge in [-0.15, -0.1) is 0 Å². The van der Waals surface area contributed by atoms with Crippen LogP contribution in [0, 0.1) is 0 Å². The Hall–Kier alpha value is -5.10. The highest BCUT2D eigenvalue weighted by molar-refractivity contribution is 5.57. The highest BCUT2D eigenvalue weighted by atomic mass is 16.5. The summed E-state index contributed by atoms with van der Waals surface area (Å²) in [5.41, 5.74) is 14.8. The lowest BCUT2D eigenvalue weighted by Gasteiger charge is -2.32. The molecule has 5 rings (SSSR count). The van der Waals surface area contributed by atoms with Gasteiger partial charge in [-0.1, -0.05) is 54.6 Å². The van der Waals surface area contributed by atoms with Crippen molar-refractivity contribution in [2.75, 3.05) is 11.5 Å². The summed E-state index contributed by atoms with van der Waals surface area (Å²) >= 11 is 0. The Morgan fingerprint density at radius 3 is 1.26 bits per heavy atom. The molecule has 6 nitrogen and oxygen atoms in total. The van der Waals surface area contributed by atoms with E-state index in [1.807, 2.05) is 66.7 Å². The highest BCUT2D eigenvalue weighted by Gasteiger charge is 2.31. The molecule has 5 aromatic rings. The summed E-state index contributed by atoms with van der Waals surface area (Å²) in [6.07, 6.45) is 0. The van der Waals surface area contributed by atoms with E-state index in [0.717, 1.165) is 16.7 Å². The van der Waals surface area contributed by atoms with E-state index in [1.54, 1.807) is 24.3 Å². The summed E-state index contributed by atoms with van der Waals surface area (Å²) in [6, 6.07) is 35.7. The quantitative estimate of drug-likeness (QED) is 0.106. The van der Waals surface area contributed by atoms with Crippen LogP contribution in [0.15, 0.2) is 115 Å². The first-order valence-electron chi connectivity index (χ1n) is 12.1. The first-order valence-corrected chi connectivity index (χ1v) is 12.1. The van der Waals surface area contributed by atoms with Crippen molar-refractivity contribution in [3.05, 3.63) is 132 Å². The van der Waals surface area contributed by atoms with E-state index in [0.29, 0.717) is 34.4 Å². The SMILES string of the molecule is CC(c1ccccc1)(c1ccc(Oc2ccc(N)c(O)c2)cc1)c1ccc(Oc2ccc(N)c(O)c2)cc1. The summed E-state index contributed by atoms with van der Waals surface area (Å²) in [4.78, 5) is 0. The Balaban J connectivity index is 1.45. The van der Waals surface area contributed by atoms with Crippen LogP contribution in [0.25, 0.3) is 0 Å². The van der Waals surface area contributed by atoms with Crippen molar-refractivity contribution < 1.29 is 19.7 Å². The van der Waals surface area contributed by atoms with Gasteiger partial charge in [-0.25, -0.2) is 0 Å². The fraction of sp³-hybridized carbons (Fsp3) is 0.0625. The lowest BCUT2D eigenvalue weighted by atomic mass is 9.71. The maximum Gasteiger partial charge on any atom is 0.142 e. The second-order valence-electron chi connectivity index (χ2n) is 9.19. The Morgan fingerprint density at radius 1 is 0.500 bits per heavy atom. The molecule has 190 valence electrons. The van der Waals surface area contributed by atoms with Crippen LogP contribution in [0.3, 0.4) is 0 Å². The molecule has 0 spiro atoms. The molecular formula is C32H28N2O4. The van der Waals surface area contributed by atoms with Crippen LogP contribution in [0.1, 0.15) is 23.6 Å². The molecule has 0 fully saturated rings. The standard InChI is InChI=1S/C32H28N2O4/c1-32(21-5-3-2-4-6-21,22-7-11-24(12-8-22)37-26-15-17-28(33)30(35)19-26)23-9-13-25(14-10-23)38-27-16-18-29(34)31(36)20-27/h2-20,35-36H,33-34H2,1H3. The molecule has 0 radical (unpaired) electrons. The molecule has 6 N–H and O–H groups in total. The fourth-order valence-electron chi connectivity index (χ4n) is 4.43. The maximum atomic E-state index is 9.88. The Kier molecular flexibility index (Phi) is 6.54. The number of anilines is 2. The van der Waals surface area contributed by atoms with Gasteiger partial charge in [0.15, 0.2) is 0 Å². The molecule has 6 heteroatoms. The number of nitrogen functional groups attached to an aromatic ring is 2. The van der Waals surface area contributed by atoms with Crippen molar-refractivity contribution in [2.24, 2.45) is 0 Å². The zero-order chi connectivity index (χ0) is 26.7. The third kappa shape index (κ3) is 4.92. The van der Waals surface area contributed by atoms with E-state index in [-0.39, 0.29) is 11.5 Å². The van der Waals surface area contributed by atoms with E-state index in [9.17, 15) is 10.2 Å². The second kappa shape index (κ2) is 10.1. The Labute approximate surface area is 221 Å². The molecule has 0 saturated carbocycles. The molecule has 5 aromatic carbocycles. The predicted octanol–water partition coefficient (Wildman–Crippen LogP) is 7.20. The molecule has 0 saturated heterocycles. The molecule has 0 aliphatic heterocycles. The number of phenols is 2. The van der Waals surface area contributed by atoms with Crippen LogP contribution in [0.5, 0.6) is 34.5 Å². The number of benzene rings is 5. The van der Waals surface area contributed by atoms with Gasteiger partial charge >= 0.3 is 0 Å². The normalized spacial score (nSPS) is 11.2. The van der Waals surface area contributed by atoms with Crippen LogP contribution in [0.2, 0.25) is 0 Å². The van der Waals surface area contributed by atoms with Gasteiger partial charge < -0.3 is 31.2 Å². The van der Waals surface area contributed by atoms with E-state index < -0.39 is 5.41 Å². The largest absolute Gasteiger partial charge is 0.506 e. The average molecular weight is 505 g/mol. The number of ether oxygens (including phenoxy) is 2. The number of rotatable bonds is 7. The first kappa shape index (κ1) is 24.6. The first-order chi connectivity index (χ1) is 18.3. The monoisotopic (exact) mass is 504 g/mol. The minimum absolute atomic E-state index is 0.0172. The van der Waals surface area contributed by atoms with E-state index >= 15 is 0 Å². The maximum absolute atomic E-state index is 9.88. The van der Waals surface area contributed by atoms with Crippen molar-refractivity contribution in [3.8, 4) is 34.5 Å². The van der Waals surface area contributed by atoms with Crippen molar-refractivity contribution >= 4 is 11.4 Å². The summed E-state index contributed by atoms with van der Waals surface area (Å²) in [7, 11) is 0. The van der Waals surface area contributed by atoms with Gasteiger partial charge in [0.2, 0.25) is 0 Å². The number of phenolic OH excluding ortho intramolecular Hbond substituents is 2. The summed E-state index contributed by atoms with van der Waals surface area (Å²) in [6.45, 7) is 2.18. The molecule has 0 atom stereocenters. The zero-order valence-electron chi connectivity index (χ0n) is 20.8. The van der Waals surface area contributed by atoms with Crippen molar-refractivity contribution in [1.82, 2.24) is 0 Å². The van der Waals surface area contributed by atoms with Gasteiger partial charge in [0, 0.05) is 17.5 Å². The minimum Gasteiger partial charge on any atom is -0.506 e. The van der Waals surface area contributed by atoms with E-state index in [1.165, 1.54) is 12.1 Å². The average Bonchev–Trinajstić information content (AvgIpc) is 2.94. The topological polar surface area (TPSA) is 111 Å². The van der Waals surface area contributed by atoms with E-state index in [2.05, 4.69) is 19.1 Å². The summed E-state index contributed by atoms with van der Waals surface area (Å²) in [5.74, 6) is 2.25. The third-order valence-electron chi connectivity index (χ3n) is 6.69. The summed E-state index contributed by atoms with van der Waals surface area (Å²) in [5, 5.41) is 19.8. The highest BCUT2D eigenvalue weighted by Crippen LogP contribution is 2.41. The molecule has 0 unspecified atom stereocenters. The molecular weight excluding hydrogens is 476 g/mol. The van der Waals surface area contributed by atoms with Crippen molar-refractivity contribution in [1.29, 1.82) is 0 Å². The number of nitrogens with two attached hydrogens (primary N) is 2. The van der Waals surface area contributed by atoms with Gasteiger partial charge in [0.05, 0.1) is 11.4 Å². The van der Waals surface area contributed by atoms with Crippen LogP contribution in [-0.4, -0.2) is 10.2 Å². The van der Waals surface area contributed by atoms with Gasteiger partial charge in [0.25, 0.3) is 0 Å². The number of hydrogen-bond acceptors (Lipinski definition) is 6. The van der Waals surface area contributed by atoms with Crippen LogP contribution < -0.4 is 20.9 Å². The zero-order valence-corrected chi connectivity index (χ0v) is 20.8. The van der Waals surface area contributed by atoms with Crippen molar-refractivity contribution in [3.63, 3.8) is 0 Å². The van der Waals surface area contributed by atoms with Gasteiger partial charge in [-0.3, -0.25) is 0 Å². The van der Waals surface area contributed by atoms with Crippen LogP contribution >= 0.6 is 0 Å². The molecule has 0 heterocycles. The molecule has 0 aliphatic carbocycles.